The molecule has 0 saturated heterocycles. The van der Waals surface area contributed by atoms with Gasteiger partial charge in [0, 0.05) is 23.3 Å². The van der Waals surface area contributed by atoms with Gasteiger partial charge in [0.05, 0.1) is 15.3 Å². The minimum atomic E-state index is -1.33. The van der Waals surface area contributed by atoms with Gasteiger partial charge in [-0.05, 0) is 70.5 Å². The topological polar surface area (TPSA) is 127 Å². The molecule has 0 fully saturated rings. The Morgan fingerprint density at radius 3 is 1.26 bits per heavy atom. The van der Waals surface area contributed by atoms with Gasteiger partial charge >= 0.3 is 11.4 Å². The zero-order chi connectivity index (χ0) is 33.0. The van der Waals surface area contributed by atoms with Crippen molar-refractivity contribution in [3.63, 3.8) is 0 Å². The number of aryl methyl sites for hydroxylation is 2. The van der Waals surface area contributed by atoms with Crippen LogP contribution in [0.4, 0.5) is 11.4 Å². The van der Waals surface area contributed by atoms with E-state index in [9.17, 15) is 30.4 Å². The van der Waals surface area contributed by atoms with Crippen molar-refractivity contribution in [2.75, 3.05) is 0 Å². The van der Waals surface area contributed by atoms with Crippen LogP contribution in [-0.4, -0.2) is 20.1 Å². The number of hydrogen-bond acceptors (Lipinski definition) is 6. The fourth-order valence-electron chi connectivity index (χ4n) is 6.97. The van der Waals surface area contributed by atoms with Crippen molar-refractivity contribution in [2.24, 2.45) is 0 Å². The maximum Gasteiger partial charge on any atom is 0.311 e. The minimum Gasteiger partial charge on any atom is -0.502 e. The second-order valence-electron chi connectivity index (χ2n) is 11.9. The number of rotatable bonds is 6. The van der Waals surface area contributed by atoms with Crippen LogP contribution in [0.25, 0.3) is 33.4 Å². The number of benzene rings is 6. The van der Waals surface area contributed by atoms with Gasteiger partial charge in [0.15, 0.2) is 0 Å². The highest BCUT2D eigenvalue weighted by molar-refractivity contribution is 5.90. The molecule has 0 bridgehead atoms. The molecule has 8 nitrogen and oxygen atoms in total. The first-order valence-electron chi connectivity index (χ1n) is 15.0. The van der Waals surface area contributed by atoms with Crippen LogP contribution in [0.1, 0.15) is 33.4 Å². The molecule has 230 valence electrons. The molecule has 0 atom stereocenters. The van der Waals surface area contributed by atoms with Gasteiger partial charge in [-0.1, -0.05) is 108 Å². The fraction of sp³-hybridized carbons (Fsp3) is 0.0769. The molecule has 6 aromatic carbocycles. The van der Waals surface area contributed by atoms with Crippen molar-refractivity contribution < 1.29 is 20.1 Å². The Morgan fingerprint density at radius 1 is 0.511 bits per heavy atom. The van der Waals surface area contributed by atoms with Crippen molar-refractivity contribution >= 4 is 11.4 Å². The van der Waals surface area contributed by atoms with Crippen LogP contribution in [0.3, 0.4) is 0 Å². The largest absolute Gasteiger partial charge is 0.502 e. The van der Waals surface area contributed by atoms with Gasteiger partial charge in [0.1, 0.15) is 0 Å². The standard InChI is InChI=1S/C39H28N2O6/c1-23-13-15-29-30-16-14-24(2)18-34(30)39(33(29)17-23,27-19-31(25-9-5-3-6-10-25)37(42)35(21-27)40(44)45)28-20-32(26-11-7-4-8-12-26)38(43)36(22-28)41(46)47/h3-22,42-43H,1-2H3. The smallest absolute Gasteiger partial charge is 0.311 e. The average molecular weight is 621 g/mol. The molecule has 0 amide bonds. The predicted molar refractivity (Wildman–Crippen MR) is 181 cm³/mol. The van der Waals surface area contributed by atoms with Gasteiger partial charge in [-0.2, -0.15) is 0 Å². The highest BCUT2D eigenvalue weighted by Gasteiger charge is 2.48. The van der Waals surface area contributed by atoms with Gasteiger partial charge < -0.3 is 10.2 Å². The highest BCUT2D eigenvalue weighted by Crippen LogP contribution is 2.59. The summed E-state index contributed by atoms with van der Waals surface area (Å²) in [6.45, 7) is 3.89. The van der Waals surface area contributed by atoms with E-state index in [0.717, 1.165) is 33.4 Å². The minimum absolute atomic E-state index is 0.251. The van der Waals surface area contributed by atoms with E-state index >= 15 is 0 Å². The molecule has 0 aliphatic heterocycles. The van der Waals surface area contributed by atoms with Crippen LogP contribution in [-0.2, 0) is 5.41 Å². The van der Waals surface area contributed by atoms with Crippen LogP contribution in [0.15, 0.2) is 121 Å². The monoisotopic (exact) mass is 620 g/mol. The van der Waals surface area contributed by atoms with E-state index in [-0.39, 0.29) is 11.1 Å². The van der Waals surface area contributed by atoms with Crippen LogP contribution < -0.4 is 0 Å². The van der Waals surface area contributed by atoms with E-state index in [0.29, 0.717) is 22.3 Å². The lowest BCUT2D eigenvalue weighted by Gasteiger charge is -2.35. The molecular weight excluding hydrogens is 592 g/mol. The molecule has 47 heavy (non-hydrogen) atoms. The molecule has 2 N–H and O–H groups in total. The normalized spacial score (nSPS) is 12.7. The number of hydrogen-bond donors (Lipinski definition) is 2. The fourth-order valence-corrected chi connectivity index (χ4v) is 6.97. The van der Waals surface area contributed by atoms with E-state index in [1.54, 1.807) is 60.7 Å². The van der Waals surface area contributed by atoms with Crippen molar-refractivity contribution in [1.82, 2.24) is 0 Å². The summed E-state index contributed by atoms with van der Waals surface area (Å²) in [5.41, 5.74) is 5.35. The summed E-state index contributed by atoms with van der Waals surface area (Å²) in [4.78, 5) is 23.9. The Balaban J connectivity index is 1.71. The van der Waals surface area contributed by atoms with E-state index < -0.39 is 38.1 Å². The van der Waals surface area contributed by atoms with Crippen LogP contribution in [0, 0.1) is 34.1 Å². The van der Waals surface area contributed by atoms with E-state index in [2.05, 4.69) is 0 Å². The number of fused-ring (bicyclic) bond motifs is 3. The Morgan fingerprint density at radius 2 is 0.894 bits per heavy atom. The van der Waals surface area contributed by atoms with Crippen molar-refractivity contribution in [3.8, 4) is 44.9 Å². The number of nitrogens with zero attached hydrogens (tertiary/aromatic N) is 2. The third-order valence-corrected chi connectivity index (χ3v) is 9.06. The quantitative estimate of drug-likeness (QED) is 0.141. The molecule has 0 saturated carbocycles. The van der Waals surface area contributed by atoms with Crippen molar-refractivity contribution in [3.05, 3.63) is 175 Å². The Labute approximate surface area is 270 Å². The molecule has 0 aromatic heterocycles. The molecular formula is C39H28N2O6. The Kier molecular flexibility index (Phi) is 6.86. The molecule has 7 rings (SSSR count). The van der Waals surface area contributed by atoms with Gasteiger partial charge in [-0.15, -0.1) is 0 Å². The molecule has 8 heteroatoms. The first kappa shape index (κ1) is 29.4. The van der Waals surface area contributed by atoms with Gasteiger partial charge in [0.2, 0.25) is 11.5 Å². The molecule has 6 aromatic rings. The number of phenols is 2. The van der Waals surface area contributed by atoms with Crippen molar-refractivity contribution in [1.29, 1.82) is 0 Å². The Bertz CT molecular complexity index is 2090. The number of phenolic OH excluding ortho intramolecular Hbond substituents is 2. The first-order valence-corrected chi connectivity index (χ1v) is 15.0. The SMILES string of the molecule is Cc1ccc2c(c1)C(c1cc(-c3ccccc3)c(O)c([N+](=O)[O-])c1)(c1cc(-c3ccccc3)c(O)c([N+](=O)[O-])c1)c1cc(C)ccc1-2. The van der Waals surface area contributed by atoms with Gasteiger partial charge in [0.25, 0.3) is 0 Å². The zero-order valence-electron chi connectivity index (χ0n) is 25.5. The molecule has 0 unspecified atom stereocenters. The maximum atomic E-state index is 12.6. The summed E-state index contributed by atoms with van der Waals surface area (Å²) in [5, 5.41) is 47.7. The number of nitro groups is 2. The molecule has 0 heterocycles. The summed E-state index contributed by atoms with van der Waals surface area (Å²) in [7, 11) is 0. The predicted octanol–water partition coefficient (Wildman–Crippen LogP) is 9.23. The zero-order valence-corrected chi connectivity index (χ0v) is 25.5. The first-order chi connectivity index (χ1) is 22.6. The lowest BCUT2D eigenvalue weighted by molar-refractivity contribution is -0.385. The van der Waals surface area contributed by atoms with Gasteiger partial charge in [-0.25, -0.2) is 0 Å². The highest BCUT2D eigenvalue weighted by atomic mass is 16.6. The third-order valence-electron chi connectivity index (χ3n) is 9.06. The number of nitro benzene ring substituents is 2. The second kappa shape index (κ2) is 11.0. The number of aromatic hydroxyl groups is 2. The summed E-state index contributed by atoms with van der Waals surface area (Å²) in [5.74, 6) is -0.956. The molecule has 1 aliphatic carbocycles. The summed E-state index contributed by atoms with van der Waals surface area (Å²) in [6, 6.07) is 36.0. The third kappa shape index (κ3) is 4.53. The summed E-state index contributed by atoms with van der Waals surface area (Å²) < 4.78 is 0. The maximum absolute atomic E-state index is 12.6. The van der Waals surface area contributed by atoms with Crippen LogP contribution in [0.2, 0.25) is 0 Å². The Hall–Kier alpha value is -6.28. The van der Waals surface area contributed by atoms with E-state index in [1.807, 2.05) is 62.4 Å². The van der Waals surface area contributed by atoms with Crippen molar-refractivity contribution in [2.45, 2.75) is 19.3 Å². The van der Waals surface area contributed by atoms with Crippen LogP contribution in [0.5, 0.6) is 11.5 Å². The lowest BCUT2D eigenvalue weighted by atomic mass is 9.66. The lowest BCUT2D eigenvalue weighted by Crippen LogP contribution is -2.29. The molecule has 1 aliphatic rings. The molecule has 0 spiro atoms. The van der Waals surface area contributed by atoms with E-state index in [4.69, 9.17) is 0 Å². The molecule has 0 radical (unpaired) electrons. The van der Waals surface area contributed by atoms with Crippen LogP contribution >= 0.6 is 0 Å². The second-order valence-corrected chi connectivity index (χ2v) is 11.9. The summed E-state index contributed by atoms with van der Waals surface area (Å²) >= 11 is 0. The van der Waals surface area contributed by atoms with E-state index in [1.165, 1.54) is 12.1 Å². The summed E-state index contributed by atoms with van der Waals surface area (Å²) in [6.07, 6.45) is 0. The average Bonchev–Trinajstić information content (AvgIpc) is 3.34. The van der Waals surface area contributed by atoms with Gasteiger partial charge in [-0.3, -0.25) is 20.2 Å².